The first-order chi connectivity index (χ1) is 5.48. The maximum Gasteiger partial charge on any atom is 0.259 e. The molecule has 0 aliphatic heterocycles. The summed E-state index contributed by atoms with van der Waals surface area (Å²) in [5.41, 5.74) is 0. The summed E-state index contributed by atoms with van der Waals surface area (Å²) in [6.07, 6.45) is 0. The average Bonchev–Trinajstić information content (AvgIpc) is 1.85. The average molecular weight is 229 g/mol. The molecule has 0 heterocycles. The summed E-state index contributed by atoms with van der Waals surface area (Å²) < 4.78 is 5.11. The van der Waals surface area contributed by atoms with Gasteiger partial charge in [0, 0.05) is 11.8 Å². The molecule has 1 atom stereocenters. The Labute approximate surface area is 83.5 Å². The van der Waals surface area contributed by atoms with Crippen LogP contribution in [0.2, 0.25) is 0 Å². The fourth-order valence-electron chi connectivity index (χ4n) is 0.483. The van der Waals surface area contributed by atoms with Crippen LogP contribution in [0.5, 0.6) is 0 Å². The third-order valence-corrected chi connectivity index (χ3v) is 3.98. The van der Waals surface area contributed by atoms with E-state index >= 15 is 0 Å². The van der Waals surface area contributed by atoms with E-state index in [9.17, 15) is 4.89 Å². The molecule has 3 nitrogen and oxygen atoms in total. The minimum absolute atomic E-state index is 0.457. The predicted octanol–water partition coefficient (Wildman–Crippen LogP) is 1.93. The molecule has 0 amide bonds. The predicted molar refractivity (Wildman–Crippen MR) is 58.9 cm³/mol. The molecule has 74 valence electrons. The number of hydrogen-bond acceptors (Lipinski definition) is 3. The lowest BCUT2D eigenvalue weighted by Gasteiger charge is -2.15. The van der Waals surface area contributed by atoms with Crippen LogP contribution in [0.15, 0.2) is 0 Å². The topological polar surface area (TPSA) is 41.5 Å². The van der Waals surface area contributed by atoms with Gasteiger partial charge in [-0.15, -0.1) is 11.8 Å². The van der Waals surface area contributed by atoms with Gasteiger partial charge in [-0.3, -0.25) is 0 Å². The van der Waals surface area contributed by atoms with Crippen LogP contribution in [0.1, 0.15) is 20.8 Å². The van der Waals surface area contributed by atoms with Crippen molar-refractivity contribution in [1.82, 2.24) is 5.09 Å². The molecule has 1 unspecified atom stereocenters. The molecule has 6 heteroatoms. The SMILES string of the molecule is CCNP(O)(=S)OCSC(C)C. The third kappa shape index (κ3) is 7.53. The molecule has 0 aromatic carbocycles. The van der Waals surface area contributed by atoms with Gasteiger partial charge in [-0.1, -0.05) is 20.8 Å². The number of nitrogens with one attached hydrogen (secondary N) is 1. The number of thioether (sulfide) groups is 1. The Morgan fingerprint density at radius 1 is 1.67 bits per heavy atom. The monoisotopic (exact) mass is 229 g/mol. The summed E-state index contributed by atoms with van der Waals surface area (Å²) in [7, 11) is 0. The molecular weight excluding hydrogens is 213 g/mol. The van der Waals surface area contributed by atoms with Crippen LogP contribution < -0.4 is 5.09 Å². The fourth-order valence-corrected chi connectivity index (χ4v) is 2.84. The fraction of sp³-hybridized carbons (Fsp3) is 1.00. The first-order valence-electron chi connectivity index (χ1n) is 3.82. The van der Waals surface area contributed by atoms with Crippen LogP contribution in [0.4, 0.5) is 0 Å². The summed E-state index contributed by atoms with van der Waals surface area (Å²) in [5.74, 6) is 0.457. The van der Waals surface area contributed by atoms with Crippen LogP contribution >= 0.6 is 18.4 Å². The Hall–Kier alpha value is 0.880. The van der Waals surface area contributed by atoms with Gasteiger partial charge in [0.2, 0.25) is 0 Å². The summed E-state index contributed by atoms with van der Waals surface area (Å²) in [5, 5.41) is 3.24. The van der Waals surface area contributed by atoms with Gasteiger partial charge >= 0.3 is 0 Å². The maximum absolute atomic E-state index is 9.41. The van der Waals surface area contributed by atoms with Crippen LogP contribution in [0, 0.1) is 0 Å². The van der Waals surface area contributed by atoms with Gasteiger partial charge in [0.05, 0.1) is 0 Å². The van der Waals surface area contributed by atoms with E-state index in [1.165, 1.54) is 0 Å². The summed E-state index contributed by atoms with van der Waals surface area (Å²) in [4.78, 5) is 9.41. The lowest BCUT2D eigenvalue weighted by atomic mass is 10.6. The molecule has 0 saturated heterocycles. The van der Waals surface area contributed by atoms with E-state index in [2.05, 4.69) is 18.9 Å². The third-order valence-electron chi connectivity index (χ3n) is 0.987. The highest BCUT2D eigenvalue weighted by Crippen LogP contribution is 2.38. The van der Waals surface area contributed by atoms with Crippen LogP contribution in [0.3, 0.4) is 0 Å². The van der Waals surface area contributed by atoms with Crippen LogP contribution in [0.25, 0.3) is 0 Å². The molecule has 0 aromatic heterocycles. The van der Waals surface area contributed by atoms with Gasteiger partial charge in [-0.05, 0) is 11.8 Å². The molecule has 0 spiro atoms. The van der Waals surface area contributed by atoms with Gasteiger partial charge in [0.25, 0.3) is 6.64 Å². The lowest BCUT2D eigenvalue weighted by Crippen LogP contribution is -2.11. The van der Waals surface area contributed by atoms with Crippen molar-refractivity contribution in [2.75, 3.05) is 12.5 Å². The smallest absolute Gasteiger partial charge is 0.259 e. The van der Waals surface area contributed by atoms with Crippen molar-refractivity contribution in [1.29, 1.82) is 0 Å². The Morgan fingerprint density at radius 3 is 2.67 bits per heavy atom. The zero-order valence-corrected chi connectivity index (χ0v) is 10.1. The molecule has 0 bridgehead atoms. The minimum Gasteiger partial charge on any atom is -0.334 e. The molecule has 0 aliphatic carbocycles. The molecule has 0 fully saturated rings. The normalized spacial score (nSPS) is 16.4. The molecule has 0 aliphatic rings. The van der Waals surface area contributed by atoms with Crippen LogP contribution in [-0.4, -0.2) is 22.6 Å². The van der Waals surface area contributed by atoms with E-state index < -0.39 is 6.64 Å². The van der Waals surface area contributed by atoms with Gasteiger partial charge in [0.1, 0.15) is 5.94 Å². The van der Waals surface area contributed by atoms with E-state index in [1.54, 1.807) is 11.8 Å². The second-order valence-electron chi connectivity index (χ2n) is 2.49. The molecular formula is C6H16NO2PS2. The van der Waals surface area contributed by atoms with E-state index in [0.717, 1.165) is 0 Å². The molecule has 2 N–H and O–H groups in total. The second-order valence-corrected chi connectivity index (χ2v) is 7.11. The quantitative estimate of drug-likeness (QED) is 0.538. The van der Waals surface area contributed by atoms with E-state index in [4.69, 9.17) is 16.3 Å². The largest absolute Gasteiger partial charge is 0.334 e. The van der Waals surface area contributed by atoms with Crippen molar-refractivity contribution in [3.05, 3.63) is 0 Å². The molecule has 0 radical (unpaired) electrons. The zero-order valence-electron chi connectivity index (χ0n) is 7.61. The molecule has 0 saturated carbocycles. The van der Waals surface area contributed by atoms with Crippen LogP contribution in [-0.2, 0) is 16.3 Å². The van der Waals surface area contributed by atoms with Crippen molar-refractivity contribution in [3.63, 3.8) is 0 Å². The second kappa shape index (κ2) is 6.35. The van der Waals surface area contributed by atoms with Crippen molar-refractivity contribution in [2.45, 2.75) is 26.0 Å². The Kier molecular flexibility index (Phi) is 6.82. The summed E-state index contributed by atoms with van der Waals surface area (Å²) in [6, 6.07) is 0. The molecule has 0 rings (SSSR count). The molecule has 12 heavy (non-hydrogen) atoms. The van der Waals surface area contributed by atoms with E-state index in [-0.39, 0.29) is 0 Å². The molecule has 0 aromatic rings. The highest BCUT2D eigenvalue weighted by molar-refractivity contribution is 8.08. The highest BCUT2D eigenvalue weighted by atomic mass is 32.5. The van der Waals surface area contributed by atoms with Crippen molar-refractivity contribution < 1.29 is 9.42 Å². The van der Waals surface area contributed by atoms with Gasteiger partial charge < -0.3 is 9.42 Å². The van der Waals surface area contributed by atoms with Crippen molar-refractivity contribution in [2.24, 2.45) is 0 Å². The maximum atomic E-state index is 9.41. The van der Waals surface area contributed by atoms with E-state index in [1.807, 2.05) is 6.92 Å². The number of rotatable bonds is 6. The van der Waals surface area contributed by atoms with Gasteiger partial charge in [0.15, 0.2) is 0 Å². The van der Waals surface area contributed by atoms with Crippen molar-refractivity contribution >= 4 is 30.2 Å². The number of hydrogen-bond donors (Lipinski definition) is 2. The first kappa shape index (κ1) is 12.9. The van der Waals surface area contributed by atoms with Gasteiger partial charge in [-0.2, -0.15) is 0 Å². The Morgan fingerprint density at radius 2 is 2.25 bits per heavy atom. The van der Waals surface area contributed by atoms with E-state index in [0.29, 0.717) is 17.7 Å². The lowest BCUT2D eigenvalue weighted by molar-refractivity contribution is 0.360. The van der Waals surface area contributed by atoms with Crippen molar-refractivity contribution in [3.8, 4) is 0 Å². The first-order valence-corrected chi connectivity index (χ1v) is 7.54. The summed E-state index contributed by atoms with van der Waals surface area (Å²) in [6.45, 7) is 3.98. The highest BCUT2D eigenvalue weighted by Gasteiger charge is 2.11. The van der Waals surface area contributed by atoms with Gasteiger partial charge in [-0.25, -0.2) is 5.09 Å². The Bertz CT molecular complexity index is 166. The Balaban J connectivity index is 3.54. The minimum atomic E-state index is -2.69. The summed E-state index contributed by atoms with van der Waals surface area (Å²) >= 11 is 6.44. The standard InChI is InChI=1S/C6H16NO2PS2/c1-4-7-10(8,11)9-5-12-6(2)3/h6H,4-5H2,1-3H3,(H2,7,8,11). The zero-order chi connectivity index (χ0) is 9.61.